The highest BCUT2D eigenvalue weighted by atomic mass is 16.7. The van der Waals surface area contributed by atoms with Crippen LogP contribution in [-0.4, -0.2) is 30.9 Å². The van der Waals surface area contributed by atoms with E-state index in [2.05, 4.69) is 5.32 Å². The number of carbonyl (C=O) groups excluding carboxylic acids is 1. The van der Waals surface area contributed by atoms with Crippen molar-refractivity contribution in [3.63, 3.8) is 0 Å². The molecule has 2 aliphatic rings. The SMILES string of the molecule is CC1(C2C(=O)NC2CC#N)OCCO1. The minimum Gasteiger partial charge on any atom is -0.351 e. The Morgan fingerprint density at radius 2 is 2.29 bits per heavy atom. The summed E-state index contributed by atoms with van der Waals surface area (Å²) in [6.07, 6.45) is 0.304. The molecule has 1 amide bonds. The van der Waals surface area contributed by atoms with Crippen LogP contribution in [0.4, 0.5) is 0 Å². The lowest BCUT2D eigenvalue weighted by Gasteiger charge is -2.43. The number of rotatable bonds is 2. The predicted molar refractivity (Wildman–Crippen MR) is 46.0 cm³/mol. The van der Waals surface area contributed by atoms with Gasteiger partial charge in [-0.1, -0.05) is 0 Å². The van der Waals surface area contributed by atoms with E-state index in [9.17, 15) is 4.79 Å². The molecule has 2 saturated heterocycles. The molecule has 76 valence electrons. The zero-order valence-electron chi connectivity index (χ0n) is 7.95. The Labute approximate surface area is 82.0 Å². The van der Waals surface area contributed by atoms with Crippen LogP contribution >= 0.6 is 0 Å². The van der Waals surface area contributed by atoms with Gasteiger partial charge in [-0.3, -0.25) is 4.79 Å². The summed E-state index contributed by atoms with van der Waals surface area (Å²) in [5.74, 6) is -1.26. The van der Waals surface area contributed by atoms with Crippen molar-refractivity contribution >= 4 is 5.91 Å². The Balaban J connectivity index is 2.08. The van der Waals surface area contributed by atoms with Crippen LogP contribution in [-0.2, 0) is 14.3 Å². The van der Waals surface area contributed by atoms with Crippen LogP contribution in [0, 0.1) is 17.2 Å². The van der Waals surface area contributed by atoms with Crippen LogP contribution in [0.25, 0.3) is 0 Å². The lowest BCUT2D eigenvalue weighted by atomic mass is 9.82. The molecular weight excluding hydrogens is 184 g/mol. The number of amides is 1. The number of hydrogen-bond acceptors (Lipinski definition) is 4. The Morgan fingerprint density at radius 1 is 1.64 bits per heavy atom. The molecule has 2 atom stereocenters. The first-order valence-electron chi connectivity index (χ1n) is 4.62. The molecule has 0 aromatic carbocycles. The molecule has 0 radical (unpaired) electrons. The highest BCUT2D eigenvalue weighted by molar-refractivity contribution is 5.87. The van der Waals surface area contributed by atoms with E-state index in [1.165, 1.54) is 0 Å². The molecule has 2 fully saturated rings. The fourth-order valence-electron chi connectivity index (χ4n) is 2.02. The summed E-state index contributed by atoms with van der Waals surface area (Å²) in [6.45, 7) is 2.78. The van der Waals surface area contributed by atoms with Gasteiger partial charge in [0.05, 0.1) is 31.7 Å². The third kappa shape index (κ3) is 1.27. The monoisotopic (exact) mass is 196 g/mol. The smallest absolute Gasteiger partial charge is 0.230 e. The molecule has 5 heteroatoms. The second-order valence-corrected chi connectivity index (χ2v) is 3.67. The summed E-state index contributed by atoms with van der Waals surface area (Å²) in [6, 6.07) is 1.91. The zero-order valence-corrected chi connectivity index (χ0v) is 7.95. The Hall–Kier alpha value is -1.12. The van der Waals surface area contributed by atoms with Gasteiger partial charge in [-0.05, 0) is 6.92 Å². The van der Waals surface area contributed by atoms with Gasteiger partial charge in [0.1, 0.15) is 5.92 Å². The summed E-state index contributed by atoms with van der Waals surface area (Å²) in [5.41, 5.74) is 0. The first kappa shape index (κ1) is 9.44. The summed E-state index contributed by atoms with van der Waals surface area (Å²) in [5, 5.41) is 11.2. The molecule has 2 aliphatic heterocycles. The van der Waals surface area contributed by atoms with Crippen molar-refractivity contribution in [3.05, 3.63) is 0 Å². The maximum absolute atomic E-state index is 11.3. The maximum atomic E-state index is 11.3. The van der Waals surface area contributed by atoms with Crippen LogP contribution in [0.2, 0.25) is 0 Å². The molecule has 2 heterocycles. The van der Waals surface area contributed by atoms with Gasteiger partial charge in [0.2, 0.25) is 5.91 Å². The third-order valence-electron chi connectivity index (χ3n) is 2.75. The van der Waals surface area contributed by atoms with Crippen molar-refractivity contribution < 1.29 is 14.3 Å². The number of nitrogens with zero attached hydrogens (tertiary/aromatic N) is 1. The number of β-lactam (4-membered cyclic amide) rings is 1. The van der Waals surface area contributed by atoms with Crippen molar-refractivity contribution in [3.8, 4) is 6.07 Å². The van der Waals surface area contributed by atoms with Gasteiger partial charge in [0.25, 0.3) is 0 Å². The fourth-order valence-corrected chi connectivity index (χ4v) is 2.02. The van der Waals surface area contributed by atoms with Gasteiger partial charge < -0.3 is 14.8 Å². The third-order valence-corrected chi connectivity index (χ3v) is 2.75. The van der Waals surface area contributed by atoms with Crippen LogP contribution in [0.3, 0.4) is 0 Å². The van der Waals surface area contributed by atoms with Crippen LogP contribution in [0.1, 0.15) is 13.3 Å². The lowest BCUT2D eigenvalue weighted by molar-refractivity contribution is -0.206. The van der Waals surface area contributed by atoms with E-state index in [1.807, 2.05) is 6.07 Å². The molecule has 0 aromatic rings. The van der Waals surface area contributed by atoms with E-state index in [0.29, 0.717) is 19.6 Å². The summed E-state index contributed by atoms with van der Waals surface area (Å²) >= 11 is 0. The quantitative estimate of drug-likeness (QED) is 0.620. The van der Waals surface area contributed by atoms with E-state index < -0.39 is 5.79 Å². The molecule has 2 unspecified atom stereocenters. The predicted octanol–water partition coefficient (Wildman–Crippen LogP) is -0.222. The minimum absolute atomic E-state index is 0.0883. The average molecular weight is 196 g/mol. The van der Waals surface area contributed by atoms with Gasteiger partial charge in [-0.2, -0.15) is 5.26 Å². The summed E-state index contributed by atoms with van der Waals surface area (Å²) in [7, 11) is 0. The molecule has 0 saturated carbocycles. The van der Waals surface area contributed by atoms with E-state index in [-0.39, 0.29) is 17.9 Å². The van der Waals surface area contributed by atoms with Gasteiger partial charge in [0.15, 0.2) is 5.79 Å². The van der Waals surface area contributed by atoms with Crippen molar-refractivity contribution in [1.29, 1.82) is 5.26 Å². The number of carbonyl (C=O) groups is 1. The van der Waals surface area contributed by atoms with Crippen molar-refractivity contribution in [2.45, 2.75) is 25.2 Å². The molecule has 0 aromatic heterocycles. The summed E-state index contributed by atoms with van der Waals surface area (Å²) in [4.78, 5) is 11.3. The lowest BCUT2D eigenvalue weighted by Crippen LogP contribution is -2.66. The standard InChI is InChI=1S/C9H12N2O3/c1-9(13-4-5-14-9)7-6(2-3-10)11-8(7)12/h6-7H,2,4-5H2,1H3,(H,11,12). The van der Waals surface area contributed by atoms with Crippen molar-refractivity contribution in [2.75, 3.05) is 13.2 Å². The zero-order chi connectivity index (χ0) is 10.2. The van der Waals surface area contributed by atoms with Gasteiger partial charge in [-0.15, -0.1) is 0 Å². The van der Waals surface area contributed by atoms with Crippen LogP contribution in [0.15, 0.2) is 0 Å². The van der Waals surface area contributed by atoms with Gasteiger partial charge in [-0.25, -0.2) is 0 Å². The topological polar surface area (TPSA) is 71.4 Å². The Bertz CT molecular complexity index is 291. The minimum atomic E-state index is -0.830. The highest BCUT2D eigenvalue weighted by Gasteiger charge is 2.54. The van der Waals surface area contributed by atoms with Gasteiger partial charge >= 0.3 is 0 Å². The van der Waals surface area contributed by atoms with E-state index in [0.717, 1.165) is 0 Å². The molecular formula is C9H12N2O3. The van der Waals surface area contributed by atoms with E-state index >= 15 is 0 Å². The second-order valence-electron chi connectivity index (χ2n) is 3.67. The van der Waals surface area contributed by atoms with Gasteiger partial charge in [0, 0.05) is 0 Å². The van der Waals surface area contributed by atoms with Crippen molar-refractivity contribution in [1.82, 2.24) is 5.32 Å². The van der Waals surface area contributed by atoms with Crippen LogP contribution < -0.4 is 5.32 Å². The highest BCUT2D eigenvalue weighted by Crippen LogP contribution is 2.35. The number of ether oxygens (including phenoxy) is 2. The normalized spacial score (nSPS) is 34.4. The molecule has 0 aliphatic carbocycles. The second kappa shape index (κ2) is 3.23. The first-order valence-corrected chi connectivity index (χ1v) is 4.62. The Morgan fingerprint density at radius 3 is 2.79 bits per heavy atom. The number of nitrogens with one attached hydrogen (secondary N) is 1. The van der Waals surface area contributed by atoms with E-state index in [1.54, 1.807) is 6.92 Å². The molecule has 14 heavy (non-hydrogen) atoms. The van der Waals surface area contributed by atoms with Crippen molar-refractivity contribution in [2.24, 2.45) is 5.92 Å². The average Bonchev–Trinajstić information content (AvgIpc) is 2.51. The first-order chi connectivity index (χ1) is 6.67. The van der Waals surface area contributed by atoms with E-state index in [4.69, 9.17) is 14.7 Å². The molecule has 1 N–H and O–H groups in total. The molecule has 0 spiro atoms. The molecule has 5 nitrogen and oxygen atoms in total. The summed E-state index contributed by atoms with van der Waals surface area (Å²) < 4.78 is 10.8. The fraction of sp³-hybridized carbons (Fsp3) is 0.778. The maximum Gasteiger partial charge on any atom is 0.230 e. The van der Waals surface area contributed by atoms with Crippen LogP contribution in [0.5, 0.6) is 0 Å². The Kier molecular flexibility index (Phi) is 2.17. The molecule has 2 rings (SSSR count). The number of nitriles is 1. The molecule has 0 bridgehead atoms. The number of hydrogen-bond donors (Lipinski definition) is 1. The largest absolute Gasteiger partial charge is 0.351 e.